The van der Waals surface area contributed by atoms with Crippen LogP contribution in [0.4, 0.5) is 0 Å². The molecule has 9 heteroatoms. The van der Waals surface area contributed by atoms with Gasteiger partial charge in [0.2, 0.25) is 0 Å². The fourth-order valence-corrected chi connectivity index (χ4v) is 3.04. The third kappa shape index (κ3) is 4.40. The quantitative estimate of drug-likeness (QED) is 0.808. The maximum atomic E-state index is 12.8. The van der Waals surface area contributed by atoms with Gasteiger partial charge in [0.1, 0.15) is 23.5 Å². The Hall–Kier alpha value is -2.71. The van der Waals surface area contributed by atoms with Crippen LogP contribution >= 0.6 is 12.4 Å². The summed E-state index contributed by atoms with van der Waals surface area (Å²) in [6.07, 6.45) is 1.42. The maximum absolute atomic E-state index is 12.8. The van der Waals surface area contributed by atoms with E-state index in [1.54, 1.807) is 41.2 Å². The van der Waals surface area contributed by atoms with Crippen molar-refractivity contribution in [2.24, 2.45) is 5.73 Å². The van der Waals surface area contributed by atoms with Crippen molar-refractivity contribution in [2.75, 3.05) is 40.4 Å². The number of amides is 2. The highest BCUT2D eigenvalue weighted by atomic mass is 35.5. The maximum Gasteiger partial charge on any atom is 0.257 e. The minimum atomic E-state index is -0.129. The third-order valence-electron chi connectivity index (χ3n) is 4.60. The summed E-state index contributed by atoms with van der Waals surface area (Å²) in [5.41, 5.74) is 6.46. The van der Waals surface area contributed by atoms with Crippen molar-refractivity contribution in [1.29, 1.82) is 0 Å². The van der Waals surface area contributed by atoms with Crippen molar-refractivity contribution in [2.45, 2.75) is 6.54 Å². The van der Waals surface area contributed by atoms with Gasteiger partial charge in [0.25, 0.3) is 11.8 Å². The van der Waals surface area contributed by atoms with E-state index in [2.05, 4.69) is 0 Å². The van der Waals surface area contributed by atoms with Crippen LogP contribution in [-0.4, -0.2) is 62.0 Å². The SMILES string of the molecule is COc1ccc(C(=O)N2CCN(C(=O)c3coc(CN)c3)CC2)c(OC)c1.Cl. The molecule has 2 amide bonds. The molecule has 0 saturated carbocycles. The van der Waals surface area contributed by atoms with E-state index < -0.39 is 0 Å². The number of hydrogen-bond donors (Lipinski definition) is 1. The molecule has 1 aromatic heterocycles. The summed E-state index contributed by atoms with van der Waals surface area (Å²) in [7, 11) is 3.08. The number of benzene rings is 1. The van der Waals surface area contributed by atoms with E-state index in [4.69, 9.17) is 19.6 Å². The highest BCUT2D eigenvalue weighted by Crippen LogP contribution is 2.26. The molecule has 8 nitrogen and oxygen atoms in total. The molecule has 2 N–H and O–H groups in total. The summed E-state index contributed by atoms with van der Waals surface area (Å²) in [4.78, 5) is 28.8. The van der Waals surface area contributed by atoms with Gasteiger partial charge in [-0.25, -0.2) is 0 Å². The lowest BCUT2D eigenvalue weighted by molar-refractivity contribution is 0.0533. The number of rotatable bonds is 5. The lowest BCUT2D eigenvalue weighted by Crippen LogP contribution is -2.50. The molecule has 1 aliphatic rings. The van der Waals surface area contributed by atoms with Gasteiger partial charge in [-0.2, -0.15) is 0 Å². The van der Waals surface area contributed by atoms with Gasteiger partial charge in [-0.1, -0.05) is 0 Å². The Kier molecular flexibility index (Phi) is 7.31. The van der Waals surface area contributed by atoms with Gasteiger partial charge < -0.3 is 29.4 Å². The zero-order valence-corrected chi connectivity index (χ0v) is 16.7. The average molecular weight is 410 g/mol. The number of nitrogens with two attached hydrogens (primary N) is 1. The molecule has 0 atom stereocenters. The first kappa shape index (κ1) is 21.6. The van der Waals surface area contributed by atoms with Crippen LogP contribution in [0.5, 0.6) is 11.5 Å². The zero-order chi connectivity index (χ0) is 19.4. The highest BCUT2D eigenvalue weighted by molar-refractivity contribution is 5.98. The smallest absolute Gasteiger partial charge is 0.257 e. The van der Waals surface area contributed by atoms with E-state index in [0.717, 1.165) is 0 Å². The molecule has 3 rings (SSSR count). The molecule has 152 valence electrons. The van der Waals surface area contributed by atoms with E-state index >= 15 is 0 Å². The Morgan fingerprint density at radius 2 is 1.68 bits per heavy atom. The monoisotopic (exact) mass is 409 g/mol. The molecule has 1 fully saturated rings. The van der Waals surface area contributed by atoms with Crippen molar-refractivity contribution < 1.29 is 23.5 Å². The molecule has 2 aromatic rings. The normalized spacial score (nSPS) is 13.7. The number of methoxy groups -OCH3 is 2. The predicted molar refractivity (Wildman–Crippen MR) is 105 cm³/mol. The number of carbonyl (C=O) groups is 2. The predicted octanol–water partition coefficient (Wildman–Crippen LogP) is 1.78. The number of piperazine rings is 1. The first-order valence-electron chi connectivity index (χ1n) is 8.65. The van der Waals surface area contributed by atoms with Crippen molar-refractivity contribution >= 4 is 24.2 Å². The molecule has 0 radical (unpaired) electrons. The van der Waals surface area contributed by atoms with Crippen LogP contribution < -0.4 is 15.2 Å². The minimum Gasteiger partial charge on any atom is -0.497 e. The van der Waals surface area contributed by atoms with Crippen LogP contribution in [0.2, 0.25) is 0 Å². The summed E-state index contributed by atoms with van der Waals surface area (Å²) in [6.45, 7) is 2.04. The van der Waals surface area contributed by atoms with E-state index in [0.29, 0.717) is 54.6 Å². The zero-order valence-electron chi connectivity index (χ0n) is 15.8. The molecule has 1 saturated heterocycles. The van der Waals surface area contributed by atoms with E-state index in [1.165, 1.54) is 13.4 Å². The van der Waals surface area contributed by atoms with Gasteiger partial charge in [0.05, 0.1) is 31.9 Å². The largest absolute Gasteiger partial charge is 0.497 e. The van der Waals surface area contributed by atoms with Crippen LogP contribution in [0.25, 0.3) is 0 Å². The summed E-state index contributed by atoms with van der Waals surface area (Å²) in [6, 6.07) is 6.75. The number of carbonyl (C=O) groups excluding carboxylic acids is 2. The first-order chi connectivity index (χ1) is 13.1. The van der Waals surface area contributed by atoms with E-state index in [9.17, 15) is 9.59 Å². The Labute approximate surface area is 169 Å². The Bertz CT molecular complexity index is 831. The second kappa shape index (κ2) is 9.48. The number of halogens is 1. The number of hydrogen-bond acceptors (Lipinski definition) is 6. The summed E-state index contributed by atoms with van der Waals surface area (Å²) >= 11 is 0. The summed E-state index contributed by atoms with van der Waals surface area (Å²) in [5.74, 6) is 1.41. The van der Waals surface area contributed by atoms with Crippen LogP contribution in [0, 0.1) is 0 Å². The molecular weight excluding hydrogens is 386 g/mol. The van der Waals surface area contributed by atoms with Crippen LogP contribution in [0.3, 0.4) is 0 Å². The van der Waals surface area contributed by atoms with E-state index in [-0.39, 0.29) is 30.8 Å². The van der Waals surface area contributed by atoms with Crippen LogP contribution in [-0.2, 0) is 6.54 Å². The first-order valence-corrected chi connectivity index (χ1v) is 8.65. The Morgan fingerprint density at radius 3 is 2.21 bits per heavy atom. The van der Waals surface area contributed by atoms with Gasteiger partial charge in [-0.3, -0.25) is 9.59 Å². The van der Waals surface area contributed by atoms with Gasteiger partial charge in [0.15, 0.2) is 0 Å². The molecule has 0 bridgehead atoms. The Morgan fingerprint density at radius 1 is 1.04 bits per heavy atom. The highest BCUT2D eigenvalue weighted by Gasteiger charge is 2.27. The molecular formula is C19H24ClN3O5. The van der Waals surface area contributed by atoms with Gasteiger partial charge in [-0.05, 0) is 18.2 Å². The van der Waals surface area contributed by atoms with Crippen molar-refractivity contribution in [3.8, 4) is 11.5 Å². The van der Waals surface area contributed by atoms with Crippen molar-refractivity contribution in [3.63, 3.8) is 0 Å². The van der Waals surface area contributed by atoms with Crippen LogP contribution in [0.1, 0.15) is 26.5 Å². The topological polar surface area (TPSA) is 98.2 Å². The minimum absolute atomic E-state index is 0. The second-order valence-electron chi connectivity index (χ2n) is 6.16. The molecule has 1 aliphatic heterocycles. The standard InChI is InChI=1S/C19H23N3O5.ClH/c1-25-14-3-4-16(17(10-14)26-2)19(24)22-7-5-21(6-8-22)18(23)13-9-15(11-20)27-12-13;/h3-4,9-10,12H,5-8,11,20H2,1-2H3;1H. The molecule has 28 heavy (non-hydrogen) atoms. The Balaban J connectivity index is 0.00000280. The molecule has 0 aliphatic carbocycles. The third-order valence-corrected chi connectivity index (χ3v) is 4.60. The molecule has 0 unspecified atom stereocenters. The lowest BCUT2D eigenvalue weighted by Gasteiger charge is -2.34. The van der Waals surface area contributed by atoms with Gasteiger partial charge in [-0.15, -0.1) is 12.4 Å². The fraction of sp³-hybridized carbons (Fsp3) is 0.368. The van der Waals surface area contributed by atoms with Crippen LogP contribution in [0.15, 0.2) is 34.9 Å². The number of nitrogens with zero attached hydrogens (tertiary/aromatic N) is 2. The molecule has 2 heterocycles. The second-order valence-corrected chi connectivity index (χ2v) is 6.16. The summed E-state index contributed by atoms with van der Waals surface area (Å²) in [5, 5.41) is 0. The molecule has 1 aromatic carbocycles. The molecule has 0 spiro atoms. The van der Waals surface area contributed by atoms with Gasteiger partial charge in [0, 0.05) is 32.2 Å². The number of furan rings is 1. The van der Waals surface area contributed by atoms with Crippen molar-refractivity contribution in [3.05, 3.63) is 47.4 Å². The fourth-order valence-electron chi connectivity index (χ4n) is 3.04. The van der Waals surface area contributed by atoms with Crippen molar-refractivity contribution in [1.82, 2.24) is 9.80 Å². The summed E-state index contributed by atoms with van der Waals surface area (Å²) < 4.78 is 15.7. The van der Waals surface area contributed by atoms with E-state index in [1.807, 2.05) is 0 Å². The lowest BCUT2D eigenvalue weighted by atomic mass is 10.1. The average Bonchev–Trinajstić information content (AvgIpc) is 3.21. The number of ether oxygens (including phenoxy) is 2. The van der Waals surface area contributed by atoms with Gasteiger partial charge >= 0.3 is 0 Å².